The van der Waals surface area contributed by atoms with E-state index < -0.39 is 10.8 Å². The molecule has 1 rings (SSSR count). The van der Waals surface area contributed by atoms with Crippen molar-refractivity contribution in [2.24, 2.45) is 0 Å². The number of rotatable bonds is 5. The first-order valence-corrected chi connectivity index (χ1v) is 5.86. The second-order valence-electron chi connectivity index (χ2n) is 4.25. The third-order valence-corrected chi connectivity index (χ3v) is 2.25. The van der Waals surface area contributed by atoms with Gasteiger partial charge in [-0.25, -0.2) is 0 Å². The number of nitro benzene ring substituents is 1. The van der Waals surface area contributed by atoms with Crippen LogP contribution in [0.3, 0.4) is 0 Å². The average Bonchev–Trinajstić information content (AvgIpc) is 2.39. The minimum atomic E-state index is -0.504. The molecule has 0 spiro atoms. The molecular formula is C13H14N4O3. The number of nitrogens with zero attached hydrogens (tertiary/aromatic N) is 2. The first kappa shape index (κ1) is 15.2. The number of anilines is 1. The summed E-state index contributed by atoms with van der Waals surface area (Å²) in [4.78, 5) is 21.6. The van der Waals surface area contributed by atoms with E-state index in [2.05, 4.69) is 10.6 Å². The van der Waals surface area contributed by atoms with Crippen LogP contribution in [0, 0.1) is 21.4 Å². The summed E-state index contributed by atoms with van der Waals surface area (Å²) in [6.45, 7) is 3.58. The summed E-state index contributed by atoms with van der Waals surface area (Å²) in [6, 6.07) is 7.35. The van der Waals surface area contributed by atoms with Crippen LogP contribution in [0.25, 0.3) is 0 Å². The number of hydrogen-bond acceptors (Lipinski definition) is 5. The van der Waals surface area contributed by atoms with Gasteiger partial charge in [-0.2, -0.15) is 5.26 Å². The number of nitrogens with one attached hydrogen (secondary N) is 2. The van der Waals surface area contributed by atoms with Crippen molar-refractivity contribution in [3.8, 4) is 6.07 Å². The second-order valence-corrected chi connectivity index (χ2v) is 4.25. The van der Waals surface area contributed by atoms with E-state index in [9.17, 15) is 14.9 Å². The van der Waals surface area contributed by atoms with Crippen molar-refractivity contribution in [3.63, 3.8) is 0 Å². The molecule has 1 aromatic rings. The van der Waals surface area contributed by atoms with Crippen molar-refractivity contribution in [1.82, 2.24) is 5.32 Å². The van der Waals surface area contributed by atoms with Gasteiger partial charge in [-0.05, 0) is 26.0 Å². The molecule has 0 saturated heterocycles. The van der Waals surface area contributed by atoms with Crippen LogP contribution in [-0.4, -0.2) is 16.9 Å². The number of nitro groups is 1. The third kappa shape index (κ3) is 4.42. The molecule has 7 nitrogen and oxygen atoms in total. The Kier molecular flexibility index (Phi) is 5.23. The molecule has 0 saturated carbocycles. The number of hydrogen-bond donors (Lipinski definition) is 2. The number of benzene rings is 1. The molecule has 0 aliphatic rings. The predicted octanol–water partition coefficient (Wildman–Crippen LogP) is 1.94. The van der Waals surface area contributed by atoms with Gasteiger partial charge in [0.1, 0.15) is 11.6 Å². The summed E-state index contributed by atoms with van der Waals surface area (Å²) in [7, 11) is 0. The fourth-order valence-corrected chi connectivity index (χ4v) is 1.32. The van der Waals surface area contributed by atoms with Crippen LogP contribution in [0.4, 0.5) is 11.4 Å². The smallest absolute Gasteiger partial charge is 0.269 e. The molecule has 0 aromatic heterocycles. The lowest BCUT2D eigenvalue weighted by Crippen LogP contribution is -2.31. The van der Waals surface area contributed by atoms with E-state index in [1.807, 2.05) is 0 Å². The van der Waals surface area contributed by atoms with Gasteiger partial charge >= 0.3 is 0 Å². The highest BCUT2D eigenvalue weighted by molar-refractivity contribution is 5.97. The Morgan fingerprint density at radius 3 is 2.45 bits per heavy atom. The van der Waals surface area contributed by atoms with Gasteiger partial charge in [0.05, 0.1) is 4.92 Å². The van der Waals surface area contributed by atoms with Crippen LogP contribution in [0.15, 0.2) is 36.0 Å². The molecule has 0 fully saturated rings. The minimum absolute atomic E-state index is 0.0300. The fraction of sp³-hybridized carbons (Fsp3) is 0.231. The van der Waals surface area contributed by atoms with Crippen molar-refractivity contribution < 1.29 is 9.72 Å². The van der Waals surface area contributed by atoms with Gasteiger partial charge in [0.15, 0.2) is 0 Å². The predicted molar refractivity (Wildman–Crippen MR) is 73.7 cm³/mol. The Labute approximate surface area is 116 Å². The number of amides is 1. The van der Waals surface area contributed by atoms with E-state index in [4.69, 9.17) is 5.26 Å². The Hall–Kier alpha value is -2.88. The van der Waals surface area contributed by atoms with Gasteiger partial charge < -0.3 is 10.6 Å². The molecule has 104 valence electrons. The van der Waals surface area contributed by atoms with Crippen molar-refractivity contribution in [2.75, 3.05) is 5.32 Å². The summed E-state index contributed by atoms with van der Waals surface area (Å²) < 4.78 is 0. The normalized spacial score (nSPS) is 10.8. The summed E-state index contributed by atoms with van der Waals surface area (Å²) in [5.74, 6) is -0.475. The summed E-state index contributed by atoms with van der Waals surface area (Å²) in [5, 5.41) is 24.7. The minimum Gasteiger partial charge on any atom is -0.360 e. The van der Waals surface area contributed by atoms with Crippen LogP contribution in [-0.2, 0) is 4.79 Å². The van der Waals surface area contributed by atoms with Gasteiger partial charge in [-0.15, -0.1) is 0 Å². The van der Waals surface area contributed by atoms with Crippen molar-refractivity contribution in [3.05, 3.63) is 46.2 Å². The van der Waals surface area contributed by atoms with E-state index in [0.717, 1.165) is 0 Å². The van der Waals surface area contributed by atoms with E-state index in [0.29, 0.717) is 5.69 Å². The average molecular weight is 274 g/mol. The molecule has 2 N–H and O–H groups in total. The second kappa shape index (κ2) is 6.89. The van der Waals surface area contributed by atoms with Crippen molar-refractivity contribution in [1.29, 1.82) is 5.26 Å². The number of carbonyl (C=O) groups excluding carboxylic acids is 1. The maximum absolute atomic E-state index is 11.6. The highest BCUT2D eigenvalue weighted by atomic mass is 16.6. The molecule has 0 aliphatic heterocycles. The molecular weight excluding hydrogens is 260 g/mol. The Bertz CT molecular complexity index is 570. The molecule has 0 radical (unpaired) electrons. The molecule has 0 aliphatic carbocycles. The fourth-order valence-electron chi connectivity index (χ4n) is 1.32. The first-order chi connectivity index (χ1) is 9.43. The van der Waals surface area contributed by atoms with Gasteiger partial charge in [0.25, 0.3) is 11.6 Å². The lowest BCUT2D eigenvalue weighted by molar-refractivity contribution is -0.384. The van der Waals surface area contributed by atoms with E-state index in [1.165, 1.54) is 30.5 Å². The van der Waals surface area contributed by atoms with Gasteiger partial charge in [0.2, 0.25) is 0 Å². The largest absolute Gasteiger partial charge is 0.360 e. The molecule has 0 bridgehead atoms. The van der Waals surface area contributed by atoms with E-state index >= 15 is 0 Å². The topological polar surface area (TPSA) is 108 Å². The lowest BCUT2D eigenvalue weighted by atomic mass is 10.2. The molecule has 0 atom stereocenters. The Morgan fingerprint density at radius 2 is 2.00 bits per heavy atom. The highest BCUT2D eigenvalue weighted by Crippen LogP contribution is 2.15. The highest BCUT2D eigenvalue weighted by Gasteiger charge is 2.09. The zero-order valence-corrected chi connectivity index (χ0v) is 11.1. The van der Waals surface area contributed by atoms with Crippen LogP contribution >= 0.6 is 0 Å². The van der Waals surface area contributed by atoms with Crippen LogP contribution < -0.4 is 10.6 Å². The summed E-state index contributed by atoms with van der Waals surface area (Å²) in [5.41, 5.74) is 0.440. The molecule has 1 aromatic carbocycles. The zero-order chi connectivity index (χ0) is 15.1. The lowest BCUT2D eigenvalue weighted by Gasteiger charge is -2.07. The third-order valence-electron chi connectivity index (χ3n) is 2.25. The zero-order valence-electron chi connectivity index (χ0n) is 11.1. The monoisotopic (exact) mass is 274 g/mol. The molecule has 0 unspecified atom stereocenters. The van der Waals surface area contributed by atoms with Crippen molar-refractivity contribution >= 4 is 17.3 Å². The molecule has 1 amide bonds. The number of non-ortho nitro benzene ring substituents is 1. The summed E-state index contributed by atoms with van der Waals surface area (Å²) in [6.07, 6.45) is 1.26. The van der Waals surface area contributed by atoms with Crippen LogP contribution in [0.2, 0.25) is 0 Å². The SMILES string of the molecule is CC(C)NC(=O)/C(C#N)=C\Nc1ccc([N+](=O)[O-])cc1. The first-order valence-electron chi connectivity index (χ1n) is 5.86. The standard InChI is InChI=1S/C13H14N4O3/c1-9(2)16-13(18)10(7-14)8-15-11-3-5-12(6-4-11)17(19)20/h3-6,8-9,15H,1-2H3,(H,16,18)/b10-8-. The van der Waals surface area contributed by atoms with Gasteiger partial charge in [-0.3, -0.25) is 14.9 Å². The van der Waals surface area contributed by atoms with E-state index in [1.54, 1.807) is 19.9 Å². The number of carbonyl (C=O) groups is 1. The molecule has 0 heterocycles. The van der Waals surface area contributed by atoms with Crippen LogP contribution in [0.5, 0.6) is 0 Å². The maximum atomic E-state index is 11.6. The molecule has 7 heteroatoms. The quantitative estimate of drug-likeness (QED) is 0.369. The Balaban J connectivity index is 2.76. The summed E-state index contributed by atoms with van der Waals surface area (Å²) >= 11 is 0. The maximum Gasteiger partial charge on any atom is 0.269 e. The van der Waals surface area contributed by atoms with Gasteiger partial charge in [0, 0.05) is 30.1 Å². The van der Waals surface area contributed by atoms with E-state index in [-0.39, 0.29) is 17.3 Å². The Morgan fingerprint density at radius 1 is 1.40 bits per heavy atom. The number of nitriles is 1. The molecule has 20 heavy (non-hydrogen) atoms. The van der Waals surface area contributed by atoms with Crippen molar-refractivity contribution in [2.45, 2.75) is 19.9 Å². The van der Waals surface area contributed by atoms with Gasteiger partial charge in [-0.1, -0.05) is 0 Å². The van der Waals surface area contributed by atoms with Crippen LogP contribution in [0.1, 0.15) is 13.8 Å².